The molecule has 3 nitrogen and oxygen atoms in total. The maximum absolute atomic E-state index is 11.8. The van der Waals surface area contributed by atoms with Crippen molar-refractivity contribution in [1.82, 2.24) is 0 Å². The van der Waals surface area contributed by atoms with Gasteiger partial charge in [-0.3, -0.25) is 9.59 Å². The fourth-order valence-electron chi connectivity index (χ4n) is 1.36. The van der Waals surface area contributed by atoms with Crippen LogP contribution in [0, 0.1) is 0 Å². The summed E-state index contributed by atoms with van der Waals surface area (Å²) in [7, 11) is 0. The van der Waals surface area contributed by atoms with E-state index in [1.807, 2.05) is 6.92 Å². The molecule has 0 bridgehead atoms. The molecule has 0 fully saturated rings. The number of benzene rings is 1. The number of ether oxygens (including phenoxy) is 1. The molecule has 0 aromatic heterocycles. The van der Waals surface area contributed by atoms with Crippen molar-refractivity contribution in [3.63, 3.8) is 0 Å². The Morgan fingerprint density at radius 1 is 1.11 bits per heavy atom. The van der Waals surface area contributed by atoms with Gasteiger partial charge in [0.25, 0.3) is 0 Å². The summed E-state index contributed by atoms with van der Waals surface area (Å²) in [4.78, 5) is 23.0. The largest absolute Gasteiger partial charge is 0.466 e. The van der Waals surface area contributed by atoms with Gasteiger partial charge in [0.05, 0.1) is 13.0 Å². The van der Waals surface area contributed by atoms with Crippen LogP contribution in [0.4, 0.5) is 0 Å². The first-order valence-electron chi connectivity index (χ1n) is 5.68. The van der Waals surface area contributed by atoms with Crippen LogP contribution in [-0.4, -0.2) is 18.4 Å². The summed E-state index contributed by atoms with van der Waals surface area (Å²) >= 11 is 11.6. The van der Waals surface area contributed by atoms with E-state index in [0.717, 1.165) is 6.42 Å². The summed E-state index contributed by atoms with van der Waals surface area (Å²) in [6.07, 6.45) is 0.936. The minimum atomic E-state index is -0.363. The third-order valence-electron chi connectivity index (χ3n) is 2.21. The molecule has 0 unspecified atom stereocenters. The number of ketones is 1. The van der Waals surface area contributed by atoms with E-state index >= 15 is 0 Å². The summed E-state index contributed by atoms with van der Waals surface area (Å²) in [6, 6.07) is 4.62. The first kappa shape index (κ1) is 15.0. The van der Waals surface area contributed by atoms with Gasteiger partial charge in [-0.15, -0.1) is 0 Å². The van der Waals surface area contributed by atoms with Crippen LogP contribution in [0.15, 0.2) is 18.2 Å². The summed E-state index contributed by atoms with van der Waals surface area (Å²) < 4.78 is 4.88. The predicted octanol–water partition coefficient (Wildman–Crippen LogP) is 3.91. The van der Waals surface area contributed by atoms with Crippen LogP contribution >= 0.6 is 23.2 Å². The fourth-order valence-corrected chi connectivity index (χ4v) is 1.89. The molecule has 0 radical (unpaired) electrons. The lowest BCUT2D eigenvalue weighted by molar-refractivity contribution is -0.143. The van der Waals surface area contributed by atoms with E-state index in [2.05, 4.69) is 0 Å². The fraction of sp³-hybridized carbons (Fsp3) is 0.385. The van der Waals surface area contributed by atoms with E-state index < -0.39 is 0 Å². The average molecular weight is 289 g/mol. The molecule has 0 aliphatic heterocycles. The lowest BCUT2D eigenvalue weighted by atomic mass is 10.1. The highest BCUT2D eigenvalue weighted by Crippen LogP contribution is 2.20. The van der Waals surface area contributed by atoms with Gasteiger partial charge in [-0.2, -0.15) is 0 Å². The monoisotopic (exact) mass is 288 g/mol. The molecule has 18 heavy (non-hydrogen) atoms. The molecule has 0 aliphatic carbocycles. The molecule has 1 aromatic carbocycles. The highest BCUT2D eigenvalue weighted by molar-refractivity contribution is 6.35. The lowest BCUT2D eigenvalue weighted by Gasteiger charge is -2.04. The summed E-state index contributed by atoms with van der Waals surface area (Å²) in [5.74, 6) is -0.536. The molecule has 0 saturated heterocycles. The van der Waals surface area contributed by atoms with E-state index in [0.29, 0.717) is 22.2 Å². The van der Waals surface area contributed by atoms with Gasteiger partial charge in [-0.05, 0) is 24.6 Å². The zero-order chi connectivity index (χ0) is 13.5. The van der Waals surface area contributed by atoms with Crippen molar-refractivity contribution in [2.45, 2.75) is 26.2 Å². The second kappa shape index (κ2) is 7.39. The minimum absolute atomic E-state index is 0.0724. The third-order valence-corrected chi connectivity index (χ3v) is 2.64. The van der Waals surface area contributed by atoms with Crippen LogP contribution in [0.25, 0.3) is 0 Å². The van der Waals surface area contributed by atoms with Gasteiger partial charge in [-0.1, -0.05) is 30.1 Å². The Bertz CT molecular complexity index is 424. The molecule has 0 amide bonds. The number of carbonyl (C=O) groups is 2. The minimum Gasteiger partial charge on any atom is -0.466 e. The van der Waals surface area contributed by atoms with Crippen molar-refractivity contribution in [3.8, 4) is 0 Å². The number of hydrogen-bond acceptors (Lipinski definition) is 3. The van der Waals surface area contributed by atoms with Crippen molar-refractivity contribution in [1.29, 1.82) is 0 Å². The highest BCUT2D eigenvalue weighted by atomic mass is 35.5. The van der Waals surface area contributed by atoms with Gasteiger partial charge in [0.15, 0.2) is 5.78 Å². The summed E-state index contributed by atoms with van der Waals surface area (Å²) in [5.41, 5.74) is 0.413. The van der Waals surface area contributed by atoms with Crippen molar-refractivity contribution >= 4 is 35.0 Å². The Balaban J connectivity index is 2.52. The molecular weight excluding hydrogens is 275 g/mol. The van der Waals surface area contributed by atoms with Crippen LogP contribution in [0.3, 0.4) is 0 Å². The van der Waals surface area contributed by atoms with Gasteiger partial charge >= 0.3 is 5.97 Å². The topological polar surface area (TPSA) is 43.4 Å². The molecule has 0 atom stereocenters. The van der Waals surface area contributed by atoms with Gasteiger partial charge in [0.2, 0.25) is 0 Å². The Morgan fingerprint density at radius 3 is 2.28 bits per heavy atom. The van der Waals surface area contributed by atoms with Crippen molar-refractivity contribution < 1.29 is 14.3 Å². The zero-order valence-electron chi connectivity index (χ0n) is 10.0. The number of Topliss-reactive ketones (excluding diaryl/α,β-unsaturated/α-hetero) is 1. The van der Waals surface area contributed by atoms with Gasteiger partial charge in [-0.25, -0.2) is 0 Å². The summed E-state index contributed by atoms with van der Waals surface area (Å²) in [6.45, 7) is 2.29. The van der Waals surface area contributed by atoms with E-state index in [-0.39, 0.29) is 24.6 Å². The Morgan fingerprint density at radius 2 is 1.72 bits per heavy atom. The smallest absolute Gasteiger partial charge is 0.306 e. The average Bonchev–Trinajstić information content (AvgIpc) is 2.32. The Labute approximate surface area is 116 Å². The molecule has 0 heterocycles. The van der Waals surface area contributed by atoms with E-state index in [9.17, 15) is 9.59 Å². The van der Waals surface area contributed by atoms with Crippen molar-refractivity contribution in [2.24, 2.45) is 0 Å². The molecule has 0 saturated carbocycles. The molecule has 98 valence electrons. The second-order valence-corrected chi connectivity index (χ2v) is 4.67. The molecule has 0 N–H and O–H groups in total. The Kier molecular flexibility index (Phi) is 6.16. The number of halogens is 2. The van der Waals surface area contributed by atoms with Crippen LogP contribution < -0.4 is 0 Å². The maximum atomic E-state index is 11.8. The number of hydrogen-bond donors (Lipinski definition) is 0. The number of rotatable bonds is 6. The van der Waals surface area contributed by atoms with Crippen molar-refractivity contribution in [2.75, 3.05) is 6.61 Å². The molecule has 1 rings (SSSR count). The number of esters is 1. The van der Waals surface area contributed by atoms with E-state index in [1.54, 1.807) is 6.07 Å². The van der Waals surface area contributed by atoms with Crippen LogP contribution in [0.1, 0.15) is 36.5 Å². The normalized spacial score (nSPS) is 10.2. The standard InChI is InChI=1S/C13H14Cl2O3/c1-2-5-18-13(17)4-3-12(16)9-6-10(14)8-11(15)7-9/h6-8H,2-5H2,1H3. The van der Waals surface area contributed by atoms with Crippen LogP contribution in [0.5, 0.6) is 0 Å². The molecule has 1 aromatic rings. The highest BCUT2D eigenvalue weighted by Gasteiger charge is 2.11. The first-order chi connectivity index (χ1) is 8.52. The predicted molar refractivity (Wildman–Crippen MR) is 71.3 cm³/mol. The molecular formula is C13H14Cl2O3. The van der Waals surface area contributed by atoms with Gasteiger partial charge in [0, 0.05) is 22.0 Å². The van der Waals surface area contributed by atoms with Crippen molar-refractivity contribution in [3.05, 3.63) is 33.8 Å². The molecule has 0 spiro atoms. The number of carbonyl (C=O) groups excluding carboxylic acids is 2. The first-order valence-corrected chi connectivity index (χ1v) is 6.43. The molecule has 5 heteroatoms. The van der Waals surface area contributed by atoms with E-state index in [4.69, 9.17) is 27.9 Å². The second-order valence-electron chi connectivity index (χ2n) is 3.80. The zero-order valence-corrected chi connectivity index (χ0v) is 11.6. The van der Waals surface area contributed by atoms with Crippen LogP contribution in [-0.2, 0) is 9.53 Å². The SMILES string of the molecule is CCCOC(=O)CCC(=O)c1cc(Cl)cc(Cl)c1. The van der Waals surface area contributed by atoms with Gasteiger partial charge < -0.3 is 4.74 Å². The lowest BCUT2D eigenvalue weighted by Crippen LogP contribution is -2.08. The third kappa shape index (κ3) is 5.07. The molecule has 0 aliphatic rings. The maximum Gasteiger partial charge on any atom is 0.306 e. The quantitative estimate of drug-likeness (QED) is 0.589. The van der Waals surface area contributed by atoms with E-state index in [1.165, 1.54) is 12.1 Å². The van der Waals surface area contributed by atoms with Crippen LogP contribution in [0.2, 0.25) is 10.0 Å². The Hall–Kier alpha value is -1.06. The summed E-state index contributed by atoms with van der Waals surface area (Å²) in [5, 5.41) is 0.804. The van der Waals surface area contributed by atoms with Gasteiger partial charge in [0.1, 0.15) is 0 Å².